The highest BCUT2D eigenvalue weighted by molar-refractivity contribution is 6.11. The molecule has 2 aliphatic rings. The molecule has 8 nitrogen and oxygen atoms in total. The highest BCUT2D eigenvalue weighted by Crippen LogP contribution is 2.56. The minimum absolute atomic E-state index is 0.549. The van der Waals surface area contributed by atoms with Crippen LogP contribution in [0.3, 0.4) is 0 Å². The Morgan fingerprint density at radius 1 is 0.257 bits per heavy atom. The van der Waals surface area contributed by atoms with Gasteiger partial charge in [0.2, 0.25) is 0 Å². The van der Waals surface area contributed by atoms with Crippen LogP contribution in [-0.2, 0) is 0 Å². The third-order valence-corrected chi connectivity index (χ3v) is 13.6. The molecule has 14 rings (SSSR count). The number of hydrogen-bond acceptors (Lipinski definition) is 8. The Kier molecular flexibility index (Phi) is 10.3. The normalized spacial score (nSPS) is 12.2. The minimum Gasteiger partial charge on any atom is -0.453 e. The van der Waals surface area contributed by atoms with Gasteiger partial charge in [-0.05, 0) is 90.3 Å². The molecule has 4 heterocycles. The molecular formula is C66H42N6O2. The Hall–Kier alpha value is -10.2. The van der Waals surface area contributed by atoms with Crippen molar-refractivity contribution in [3.63, 3.8) is 0 Å². The molecule has 348 valence electrons. The zero-order valence-corrected chi connectivity index (χ0v) is 39.7. The Labute approximate surface area is 427 Å². The molecule has 0 atom stereocenters. The average Bonchev–Trinajstić information content (AvgIpc) is 3.48. The molecule has 0 aliphatic carbocycles. The maximum atomic E-state index is 6.68. The summed E-state index contributed by atoms with van der Waals surface area (Å²) in [7, 11) is 0. The molecule has 10 aromatic carbocycles. The Balaban J connectivity index is 1.13. The van der Waals surface area contributed by atoms with E-state index in [2.05, 4.69) is 143 Å². The molecule has 0 spiro atoms. The second-order valence-electron chi connectivity index (χ2n) is 18.2. The predicted octanol–water partition coefficient (Wildman–Crippen LogP) is 17.6. The average molecular weight is 951 g/mol. The van der Waals surface area contributed by atoms with Crippen molar-refractivity contribution < 1.29 is 9.47 Å². The van der Waals surface area contributed by atoms with Gasteiger partial charge in [-0.15, -0.1) is 0 Å². The van der Waals surface area contributed by atoms with Gasteiger partial charge in [-0.3, -0.25) is 0 Å². The molecule has 0 unspecified atom stereocenters. The number of hydrogen-bond donors (Lipinski definition) is 0. The van der Waals surface area contributed by atoms with Crippen LogP contribution >= 0.6 is 0 Å². The molecule has 2 aromatic heterocycles. The number of para-hydroxylation sites is 8. The van der Waals surface area contributed by atoms with Crippen molar-refractivity contribution in [2.75, 3.05) is 9.80 Å². The highest BCUT2D eigenvalue weighted by Gasteiger charge is 2.32. The van der Waals surface area contributed by atoms with E-state index in [1.165, 1.54) is 0 Å². The first-order chi connectivity index (χ1) is 36.7. The molecule has 0 saturated heterocycles. The molecule has 0 fully saturated rings. The predicted molar refractivity (Wildman–Crippen MR) is 297 cm³/mol. The summed E-state index contributed by atoms with van der Waals surface area (Å²) in [5.41, 5.74) is 14.1. The van der Waals surface area contributed by atoms with Gasteiger partial charge in [0.1, 0.15) is 0 Å². The van der Waals surface area contributed by atoms with Gasteiger partial charge in [0.05, 0.1) is 51.2 Å². The molecule has 8 heteroatoms. The second-order valence-corrected chi connectivity index (χ2v) is 18.2. The smallest absolute Gasteiger partial charge is 0.161 e. The summed E-state index contributed by atoms with van der Waals surface area (Å²) >= 11 is 0. The molecule has 0 amide bonds. The summed E-state index contributed by atoms with van der Waals surface area (Å²) in [6.07, 6.45) is 0. The van der Waals surface area contributed by atoms with E-state index in [9.17, 15) is 0 Å². The number of nitrogens with zero attached hydrogens (tertiary/aromatic N) is 6. The van der Waals surface area contributed by atoms with E-state index >= 15 is 0 Å². The van der Waals surface area contributed by atoms with Crippen LogP contribution in [-0.4, -0.2) is 19.9 Å². The lowest BCUT2D eigenvalue weighted by molar-refractivity contribution is 0.477. The van der Waals surface area contributed by atoms with E-state index in [0.717, 1.165) is 124 Å². The summed E-state index contributed by atoms with van der Waals surface area (Å²) in [5.74, 6) is 4.09. The fourth-order valence-corrected chi connectivity index (χ4v) is 10.2. The molecule has 0 radical (unpaired) electrons. The monoisotopic (exact) mass is 950 g/mol. The van der Waals surface area contributed by atoms with E-state index in [0.29, 0.717) is 11.6 Å². The van der Waals surface area contributed by atoms with Crippen molar-refractivity contribution in [3.05, 3.63) is 255 Å². The van der Waals surface area contributed by atoms with E-state index in [1.807, 2.05) is 121 Å². The van der Waals surface area contributed by atoms with Crippen molar-refractivity contribution in [1.82, 2.24) is 19.9 Å². The van der Waals surface area contributed by atoms with Gasteiger partial charge in [0.15, 0.2) is 34.6 Å². The van der Waals surface area contributed by atoms with Crippen LogP contribution in [0.15, 0.2) is 255 Å². The van der Waals surface area contributed by atoms with Crippen molar-refractivity contribution in [2.24, 2.45) is 0 Å². The molecule has 74 heavy (non-hydrogen) atoms. The fourth-order valence-electron chi connectivity index (χ4n) is 10.2. The van der Waals surface area contributed by atoms with Crippen LogP contribution in [0.1, 0.15) is 0 Å². The molecule has 0 bridgehead atoms. The number of aromatic nitrogens is 4. The number of fused-ring (bicyclic) bond motifs is 5. The Bertz CT molecular complexity index is 3890. The van der Waals surface area contributed by atoms with Crippen molar-refractivity contribution in [3.8, 4) is 90.8 Å². The standard InChI is InChI=1S/C66H42N6O2/c1-5-21-43(22-6-1)52-41-53(44-23-7-2-8-24-44)68-65(67-52)47-37-50-49(51(38-47)66-69-54(45-25-9-3-10-26-45)42-55(70-66)46-27-11-4-12-28-46)39-48(71-56-29-13-17-33-61(56)73-62-34-18-14-30-57(62)71)40-60(50)72-58-31-15-19-35-63(58)74-64-36-20-16-32-59(64)72/h1-42H. The van der Waals surface area contributed by atoms with Gasteiger partial charge in [0, 0.05) is 44.5 Å². The molecule has 0 N–H and O–H groups in total. The third kappa shape index (κ3) is 7.57. The maximum Gasteiger partial charge on any atom is 0.161 e. The van der Waals surface area contributed by atoms with Gasteiger partial charge >= 0.3 is 0 Å². The molecular weight excluding hydrogens is 909 g/mol. The van der Waals surface area contributed by atoms with Crippen LogP contribution in [0, 0.1) is 0 Å². The quantitative estimate of drug-likeness (QED) is 0.149. The Morgan fingerprint density at radius 2 is 0.608 bits per heavy atom. The van der Waals surface area contributed by atoms with Crippen LogP contribution in [0.2, 0.25) is 0 Å². The van der Waals surface area contributed by atoms with Gasteiger partial charge in [0.25, 0.3) is 0 Å². The third-order valence-electron chi connectivity index (χ3n) is 13.6. The molecule has 2 aliphatic heterocycles. The summed E-state index contributed by atoms with van der Waals surface area (Å²) in [4.78, 5) is 26.5. The zero-order chi connectivity index (χ0) is 49.0. The summed E-state index contributed by atoms with van der Waals surface area (Å²) in [5, 5.41) is 1.84. The number of benzene rings is 10. The van der Waals surface area contributed by atoms with Crippen molar-refractivity contribution >= 4 is 44.9 Å². The van der Waals surface area contributed by atoms with Gasteiger partial charge in [-0.1, -0.05) is 170 Å². The summed E-state index contributed by atoms with van der Waals surface area (Å²) in [6, 6.07) is 87.2. The van der Waals surface area contributed by atoms with E-state index in [1.54, 1.807) is 0 Å². The topological polar surface area (TPSA) is 76.5 Å². The number of anilines is 6. The lowest BCUT2D eigenvalue weighted by Gasteiger charge is -2.36. The first kappa shape index (κ1) is 42.7. The largest absolute Gasteiger partial charge is 0.453 e. The Morgan fingerprint density at radius 3 is 1.01 bits per heavy atom. The molecule has 12 aromatic rings. The second kappa shape index (κ2) is 17.9. The summed E-state index contributed by atoms with van der Waals surface area (Å²) in [6.45, 7) is 0. The number of rotatable bonds is 8. The van der Waals surface area contributed by atoms with Gasteiger partial charge < -0.3 is 19.3 Å². The van der Waals surface area contributed by atoms with Gasteiger partial charge in [-0.25, -0.2) is 19.9 Å². The fraction of sp³-hybridized carbons (Fsp3) is 0. The first-order valence-corrected chi connectivity index (χ1v) is 24.6. The SMILES string of the molecule is c1ccc(-c2cc(-c3ccccc3)nc(-c3cc(-c4nc(-c5ccccc5)cc(-c5ccccc5)n4)c4cc(N5c6ccccc6Oc6ccccc65)cc(N5c6ccccc6Oc6ccccc65)c4c3)n2)cc1. The summed E-state index contributed by atoms with van der Waals surface area (Å²) < 4.78 is 13.3. The van der Waals surface area contributed by atoms with Crippen LogP contribution in [0.25, 0.3) is 78.6 Å². The highest BCUT2D eigenvalue weighted by atomic mass is 16.5. The molecule has 0 saturated carbocycles. The minimum atomic E-state index is 0.549. The van der Waals surface area contributed by atoms with E-state index < -0.39 is 0 Å². The van der Waals surface area contributed by atoms with Crippen LogP contribution in [0.4, 0.5) is 34.1 Å². The first-order valence-electron chi connectivity index (χ1n) is 24.6. The maximum absolute atomic E-state index is 6.68. The van der Waals surface area contributed by atoms with Crippen LogP contribution < -0.4 is 19.3 Å². The van der Waals surface area contributed by atoms with Crippen molar-refractivity contribution in [2.45, 2.75) is 0 Å². The lowest BCUT2D eigenvalue weighted by atomic mass is 9.95. The van der Waals surface area contributed by atoms with E-state index in [4.69, 9.17) is 29.4 Å². The van der Waals surface area contributed by atoms with Gasteiger partial charge in [-0.2, -0.15) is 0 Å². The lowest BCUT2D eigenvalue weighted by Crippen LogP contribution is -2.18. The zero-order valence-electron chi connectivity index (χ0n) is 39.7. The van der Waals surface area contributed by atoms with E-state index in [-0.39, 0.29) is 0 Å². The van der Waals surface area contributed by atoms with Crippen molar-refractivity contribution in [1.29, 1.82) is 0 Å². The number of ether oxygens (including phenoxy) is 2. The van der Waals surface area contributed by atoms with Crippen LogP contribution in [0.5, 0.6) is 23.0 Å².